The minimum atomic E-state index is -0.642. The molecule has 0 saturated heterocycles. The van der Waals surface area contributed by atoms with Crippen LogP contribution in [0.25, 0.3) is 0 Å². The Morgan fingerprint density at radius 1 is 1.50 bits per heavy atom. The lowest BCUT2D eigenvalue weighted by atomic mass is 10.2. The van der Waals surface area contributed by atoms with Crippen LogP contribution in [0.15, 0.2) is 32.3 Å². The van der Waals surface area contributed by atoms with Crippen LogP contribution in [-0.4, -0.2) is 22.8 Å². The minimum Gasteiger partial charge on any atom is -0.459 e. The molecule has 0 aliphatic rings. The molecule has 0 bridgehead atoms. The summed E-state index contributed by atoms with van der Waals surface area (Å²) in [6.07, 6.45) is 0. The van der Waals surface area contributed by atoms with E-state index in [-0.39, 0.29) is 23.5 Å². The average molecular weight is 361 g/mol. The molecule has 0 N–H and O–H groups in total. The maximum atomic E-state index is 13.1. The lowest BCUT2D eigenvalue weighted by Crippen LogP contribution is -2.04. The van der Waals surface area contributed by atoms with Crippen LogP contribution in [0, 0.1) is 5.82 Å². The Labute approximate surface area is 127 Å². The summed E-state index contributed by atoms with van der Waals surface area (Å²) < 4.78 is 23.4. The van der Waals surface area contributed by atoms with Crippen molar-refractivity contribution in [3.63, 3.8) is 0 Å². The number of esters is 1. The number of ether oxygens (including phenoxy) is 1. The fourth-order valence-electron chi connectivity index (χ4n) is 1.32. The summed E-state index contributed by atoms with van der Waals surface area (Å²) in [7, 11) is 0. The van der Waals surface area contributed by atoms with Gasteiger partial charge in [0.1, 0.15) is 5.82 Å². The monoisotopic (exact) mass is 360 g/mol. The van der Waals surface area contributed by atoms with Gasteiger partial charge in [-0.2, -0.15) is 0 Å². The molecule has 0 atom stereocenters. The standard InChI is InChI=1S/C12H10BrFN2O3S/c1-2-18-11(17)10-15-16-12(19-10)20-6-7-3-4-9(14)8(13)5-7/h3-5H,2,6H2,1H3. The SMILES string of the molecule is CCOC(=O)c1nnc(SCc2ccc(F)c(Br)c2)o1. The minimum absolute atomic E-state index is 0.172. The molecule has 2 aromatic rings. The maximum Gasteiger partial charge on any atom is 0.396 e. The summed E-state index contributed by atoms with van der Waals surface area (Å²) in [5, 5.41) is 7.59. The predicted octanol–water partition coefficient (Wildman–Crippen LogP) is 3.44. The molecule has 5 nitrogen and oxygen atoms in total. The summed E-state index contributed by atoms with van der Waals surface area (Å²) in [6.45, 7) is 1.93. The molecule has 0 unspecified atom stereocenters. The number of carbonyl (C=O) groups is 1. The molecule has 106 valence electrons. The molecule has 1 aromatic heterocycles. The van der Waals surface area contributed by atoms with Crippen molar-refractivity contribution in [2.75, 3.05) is 6.61 Å². The maximum absolute atomic E-state index is 13.1. The van der Waals surface area contributed by atoms with E-state index < -0.39 is 5.97 Å². The molecule has 0 radical (unpaired) electrons. The van der Waals surface area contributed by atoms with Gasteiger partial charge in [-0.25, -0.2) is 9.18 Å². The molecule has 0 spiro atoms. The average Bonchev–Trinajstić information content (AvgIpc) is 2.89. The molecule has 8 heteroatoms. The first-order chi connectivity index (χ1) is 9.60. The van der Waals surface area contributed by atoms with Gasteiger partial charge in [0, 0.05) is 5.75 Å². The van der Waals surface area contributed by atoms with E-state index in [0.29, 0.717) is 10.2 Å². The van der Waals surface area contributed by atoms with Crippen molar-refractivity contribution < 1.29 is 18.3 Å². The highest BCUT2D eigenvalue weighted by Crippen LogP contribution is 2.24. The normalized spacial score (nSPS) is 10.6. The fourth-order valence-corrected chi connectivity index (χ4v) is 2.45. The topological polar surface area (TPSA) is 65.2 Å². The Hall–Kier alpha value is -1.41. The van der Waals surface area contributed by atoms with E-state index in [4.69, 9.17) is 9.15 Å². The van der Waals surface area contributed by atoms with Gasteiger partial charge in [0.05, 0.1) is 11.1 Å². The Balaban J connectivity index is 1.97. The van der Waals surface area contributed by atoms with Gasteiger partial charge in [0.25, 0.3) is 5.22 Å². The molecule has 0 aliphatic heterocycles. The van der Waals surface area contributed by atoms with Gasteiger partial charge in [0.2, 0.25) is 0 Å². The van der Waals surface area contributed by atoms with Gasteiger partial charge in [-0.15, -0.1) is 5.10 Å². The molecule has 20 heavy (non-hydrogen) atoms. The summed E-state index contributed by atoms with van der Waals surface area (Å²) in [5.74, 6) is -0.615. The highest BCUT2D eigenvalue weighted by atomic mass is 79.9. The number of thioether (sulfide) groups is 1. The molecule has 0 fully saturated rings. The van der Waals surface area contributed by atoms with Gasteiger partial charge in [0.15, 0.2) is 0 Å². The van der Waals surface area contributed by atoms with Gasteiger partial charge < -0.3 is 9.15 Å². The Morgan fingerprint density at radius 2 is 2.30 bits per heavy atom. The van der Waals surface area contributed by atoms with Crippen LogP contribution in [-0.2, 0) is 10.5 Å². The van der Waals surface area contributed by atoms with Crippen LogP contribution < -0.4 is 0 Å². The Morgan fingerprint density at radius 3 is 3.00 bits per heavy atom. The molecule has 1 aromatic carbocycles. The third-order valence-electron chi connectivity index (χ3n) is 2.20. The zero-order chi connectivity index (χ0) is 14.5. The van der Waals surface area contributed by atoms with Crippen molar-refractivity contribution in [3.05, 3.63) is 39.9 Å². The number of nitrogens with zero attached hydrogens (tertiary/aromatic N) is 2. The zero-order valence-corrected chi connectivity index (χ0v) is 12.8. The highest BCUT2D eigenvalue weighted by molar-refractivity contribution is 9.10. The van der Waals surface area contributed by atoms with Crippen LogP contribution in [0.2, 0.25) is 0 Å². The largest absolute Gasteiger partial charge is 0.459 e. The highest BCUT2D eigenvalue weighted by Gasteiger charge is 2.16. The number of benzene rings is 1. The Bertz CT molecular complexity index is 620. The second-order valence-electron chi connectivity index (χ2n) is 3.63. The van der Waals surface area contributed by atoms with Gasteiger partial charge in [-0.3, -0.25) is 0 Å². The van der Waals surface area contributed by atoms with Crippen molar-refractivity contribution >= 4 is 33.7 Å². The second-order valence-corrected chi connectivity index (χ2v) is 5.41. The number of rotatable bonds is 5. The van der Waals surface area contributed by atoms with Crippen molar-refractivity contribution in [3.8, 4) is 0 Å². The van der Waals surface area contributed by atoms with Crippen LogP contribution in [0.1, 0.15) is 23.2 Å². The van der Waals surface area contributed by atoms with Crippen LogP contribution in [0.3, 0.4) is 0 Å². The summed E-state index contributed by atoms with van der Waals surface area (Å²) in [6, 6.07) is 4.71. The van der Waals surface area contributed by atoms with E-state index >= 15 is 0 Å². The van der Waals surface area contributed by atoms with Crippen molar-refractivity contribution in [1.29, 1.82) is 0 Å². The first-order valence-electron chi connectivity index (χ1n) is 5.67. The fraction of sp³-hybridized carbons (Fsp3) is 0.250. The number of halogens is 2. The third-order valence-corrected chi connectivity index (χ3v) is 3.70. The van der Waals surface area contributed by atoms with E-state index in [1.165, 1.54) is 17.8 Å². The quantitative estimate of drug-likeness (QED) is 0.601. The van der Waals surface area contributed by atoms with Gasteiger partial charge >= 0.3 is 11.9 Å². The van der Waals surface area contributed by atoms with E-state index in [2.05, 4.69) is 26.1 Å². The van der Waals surface area contributed by atoms with Crippen molar-refractivity contribution in [1.82, 2.24) is 10.2 Å². The summed E-state index contributed by atoms with van der Waals surface area (Å²) in [4.78, 5) is 11.3. The van der Waals surface area contributed by atoms with Crippen LogP contribution >= 0.6 is 27.7 Å². The number of hydrogen-bond acceptors (Lipinski definition) is 6. The van der Waals surface area contributed by atoms with Gasteiger partial charge in [-0.1, -0.05) is 22.9 Å². The first kappa shape index (κ1) is 15.0. The number of carbonyl (C=O) groups excluding carboxylic acids is 1. The summed E-state index contributed by atoms with van der Waals surface area (Å²) in [5.41, 5.74) is 0.888. The first-order valence-corrected chi connectivity index (χ1v) is 7.45. The lowest BCUT2D eigenvalue weighted by Gasteiger charge is -2.00. The van der Waals surface area contributed by atoms with E-state index in [1.807, 2.05) is 0 Å². The van der Waals surface area contributed by atoms with Crippen molar-refractivity contribution in [2.24, 2.45) is 0 Å². The van der Waals surface area contributed by atoms with Gasteiger partial charge in [-0.05, 0) is 40.5 Å². The van der Waals surface area contributed by atoms with Crippen LogP contribution in [0.5, 0.6) is 0 Å². The van der Waals surface area contributed by atoms with Crippen LogP contribution in [0.4, 0.5) is 4.39 Å². The number of aromatic nitrogens is 2. The third kappa shape index (κ3) is 3.80. The molecule has 0 aliphatic carbocycles. The number of hydrogen-bond donors (Lipinski definition) is 0. The van der Waals surface area contributed by atoms with E-state index in [1.54, 1.807) is 19.1 Å². The zero-order valence-electron chi connectivity index (χ0n) is 10.4. The second kappa shape index (κ2) is 6.85. The molecule has 0 amide bonds. The predicted molar refractivity (Wildman–Crippen MR) is 73.9 cm³/mol. The van der Waals surface area contributed by atoms with E-state index in [0.717, 1.165) is 5.56 Å². The van der Waals surface area contributed by atoms with E-state index in [9.17, 15) is 9.18 Å². The molecular weight excluding hydrogens is 351 g/mol. The molecule has 0 saturated carbocycles. The molecule has 2 rings (SSSR count). The molecular formula is C12H10BrFN2O3S. The molecule has 1 heterocycles. The van der Waals surface area contributed by atoms with Crippen molar-refractivity contribution in [2.45, 2.75) is 17.9 Å². The summed E-state index contributed by atoms with van der Waals surface area (Å²) >= 11 is 4.37. The smallest absolute Gasteiger partial charge is 0.396 e. The Kier molecular flexibility index (Phi) is 5.13. The lowest BCUT2D eigenvalue weighted by molar-refractivity contribution is 0.0475.